The summed E-state index contributed by atoms with van der Waals surface area (Å²) in [6.45, 7) is 0. The second kappa shape index (κ2) is 4.13. The van der Waals surface area contributed by atoms with Crippen LogP contribution in [0.4, 0.5) is 13.2 Å². The third kappa shape index (κ3) is 2.57. The molecule has 0 atom stereocenters. The zero-order valence-corrected chi connectivity index (χ0v) is 8.50. The van der Waals surface area contributed by atoms with Crippen molar-refractivity contribution in [1.29, 1.82) is 0 Å². The topological polar surface area (TPSA) is 9.23 Å². The lowest BCUT2D eigenvalue weighted by Gasteiger charge is -2.10. The largest absolute Gasteiger partial charge is 0.497 e. The zero-order chi connectivity index (χ0) is 10.8. The molecule has 0 saturated heterocycles. The summed E-state index contributed by atoms with van der Waals surface area (Å²) < 4.78 is 41.8. The maximum Gasteiger partial charge on any atom is 0.416 e. The molecule has 0 radical (unpaired) electrons. The SMILES string of the molecule is COc1cc(SC)cc(C(F)(F)F)c1. The van der Waals surface area contributed by atoms with Crippen molar-refractivity contribution in [1.82, 2.24) is 0 Å². The lowest BCUT2D eigenvalue weighted by molar-refractivity contribution is -0.137. The van der Waals surface area contributed by atoms with Gasteiger partial charge >= 0.3 is 6.18 Å². The summed E-state index contributed by atoms with van der Waals surface area (Å²) in [5.74, 6) is 0.226. The van der Waals surface area contributed by atoms with Crippen molar-refractivity contribution >= 4 is 11.8 Å². The van der Waals surface area contributed by atoms with Gasteiger partial charge in [0.1, 0.15) is 5.75 Å². The second-order valence-corrected chi connectivity index (χ2v) is 3.48. The molecule has 0 bridgehead atoms. The van der Waals surface area contributed by atoms with Crippen LogP contribution in [0.5, 0.6) is 5.75 Å². The Balaban J connectivity index is 3.17. The molecule has 1 nitrogen and oxygen atoms in total. The van der Waals surface area contributed by atoms with Crippen LogP contribution in [0.25, 0.3) is 0 Å². The standard InChI is InChI=1S/C9H9F3OS/c1-13-7-3-6(9(10,11)12)4-8(5-7)14-2/h3-5H,1-2H3. The fourth-order valence-corrected chi connectivity index (χ4v) is 1.45. The van der Waals surface area contributed by atoms with Crippen molar-refractivity contribution < 1.29 is 17.9 Å². The van der Waals surface area contributed by atoms with E-state index in [1.54, 1.807) is 12.3 Å². The predicted octanol–water partition coefficient (Wildman–Crippen LogP) is 3.44. The van der Waals surface area contributed by atoms with Gasteiger partial charge in [-0.3, -0.25) is 0 Å². The first-order chi connectivity index (χ1) is 6.47. The van der Waals surface area contributed by atoms with Crippen molar-refractivity contribution in [2.75, 3.05) is 13.4 Å². The summed E-state index contributed by atoms with van der Waals surface area (Å²) in [6.07, 6.45) is -2.60. The molecule has 0 fully saturated rings. The molecule has 1 rings (SSSR count). The summed E-state index contributed by atoms with van der Waals surface area (Å²) >= 11 is 1.25. The number of benzene rings is 1. The summed E-state index contributed by atoms with van der Waals surface area (Å²) in [6, 6.07) is 3.66. The van der Waals surface area contributed by atoms with Crippen LogP contribution in [0.3, 0.4) is 0 Å². The Hall–Kier alpha value is -0.840. The van der Waals surface area contributed by atoms with E-state index in [1.165, 1.54) is 18.9 Å². The van der Waals surface area contributed by atoms with Gasteiger partial charge in [0.05, 0.1) is 12.7 Å². The molecular weight excluding hydrogens is 213 g/mol. The summed E-state index contributed by atoms with van der Waals surface area (Å²) in [5, 5.41) is 0. The van der Waals surface area contributed by atoms with Crippen molar-refractivity contribution in [2.45, 2.75) is 11.1 Å². The number of hydrogen-bond donors (Lipinski definition) is 0. The summed E-state index contributed by atoms with van der Waals surface area (Å²) in [5.41, 5.74) is -0.679. The van der Waals surface area contributed by atoms with Gasteiger partial charge < -0.3 is 4.74 Å². The number of methoxy groups -OCH3 is 1. The number of rotatable bonds is 2. The third-order valence-electron chi connectivity index (χ3n) is 1.68. The molecule has 0 aliphatic carbocycles. The van der Waals surface area contributed by atoms with Crippen LogP contribution in [0.15, 0.2) is 23.1 Å². The average Bonchev–Trinajstić information content (AvgIpc) is 2.15. The number of thioether (sulfide) groups is 1. The molecule has 0 spiro atoms. The quantitative estimate of drug-likeness (QED) is 0.709. The molecule has 0 aliphatic heterocycles. The van der Waals surface area contributed by atoms with Gasteiger partial charge in [0.15, 0.2) is 0 Å². The number of hydrogen-bond acceptors (Lipinski definition) is 2. The van der Waals surface area contributed by atoms with Crippen LogP contribution in [0, 0.1) is 0 Å². The first-order valence-electron chi connectivity index (χ1n) is 3.77. The average molecular weight is 222 g/mol. The first-order valence-corrected chi connectivity index (χ1v) is 5.00. The van der Waals surface area contributed by atoms with Crippen LogP contribution >= 0.6 is 11.8 Å². The van der Waals surface area contributed by atoms with Gasteiger partial charge in [-0.2, -0.15) is 13.2 Å². The molecule has 0 aliphatic rings. The fourth-order valence-electron chi connectivity index (χ4n) is 0.971. The number of ether oxygens (including phenoxy) is 1. The minimum absolute atomic E-state index is 0.226. The van der Waals surface area contributed by atoms with Gasteiger partial charge in [-0.05, 0) is 24.5 Å². The molecule has 5 heteroatoms. The van der Waals surface area contributed by atoms with Crippen molar-refractivity contribution in [3.63, 3.8) is 0 Å². The van der Waals surface area contributed by atoms with Crippen molar-refractivity contribution in [3.05, 3.63) is 23.8 Å². The Kier molecular flexibility index (Phi) is 3.31. The van der Waals surface area contributed by atoms with Gasteiger partial charge in [-0.25, -0.2) is 0 Å². The predicted molar refractivity (Wildman–Crippen MR) is 49.8 cm³/mol. The maximum absolute atomic E-state index is 12.4. The van der Waals surface area contributed by atoms with Crippen LogP contribution in [-0.2, 0) is 6.18 Å². The minimum atomic E-state index is -4.32. The smallest absolute Gasteiger partial charge is 0.416 e. The highest BCUT2D eigenvalue weighted by atomic mass is 32.2. The van der Waals surface area contributed by atoms with E-state index in [1.807, 2.05) is 0 Å². The Labute approximate surface area is 84.3 Å². The van der Waals surface area contributed by atoms with Gasteiger partial charge in [-0.15, -0.1) is 11.8 Å². The molecule has 0 unspecified atom stereocenters. The second-order valence-electron chi connectivity index (χ2n) is 2.60. The number of halogens is 3. The van der Waals surface area contributed by atoms with E-state index in [9.17, 15) is 13.2 Å². The van der Waals surface area contributed by atoms with Gasteiger partial charge in [0.25, 0.3) is 0 Å². The molecule has 0 aromatic heterocycles. The van der Waals surface area contributed by atoms with E-state index in [4.69, 9.17) is 4.74 Å². The molecule has 0 saturated carbocycles. The van der Waals surface area contributed by atoms with Crippen molar-refractivity contribution in [2.24, 2.45) is 0 Å². The van der Waals surface area contributed by atoms with Crippen LogP contribution in [-0.4, -0.2) is 13.4 Å². The van der Waals surface area contributed by atoms with E-state index >= 15 is 0 Å². The van der Waals surface area contributed by atoms with E-state index in [-0.39, 0.29) is 5.75 Å². The summed E-state index contributed by atoms with van der Waals surface area (Å²) in [7, 11) is 1.35. The lowest BCUT2D eigenvalue weighted by Crippen LogP contribution is -2.05. The molecule has 0 amide bonds. The third-order valence-corrected chi connectivity index (χ3v) is 2.39. The highest BCUT2D eigenvalue weighted by molar-refractivity contribution is 7.98. The molecule has 1 aromatic rings. The molecule has 0 heterocycles. The molecule has 78 valence electrons. The van der Waals surface area contributed by atoms with Crippen LogP contribution in [0.1, 0.15) is 5.56 Å². The highest BCUT2D eigenvalue weighted by Gasteiger charge is 2.31. The van der Waals surface area contributed by atoms with Crippen molar-refractivity contribution in [3.8, 4) is 5.75 Å². The molecule has 14 heavy (non-hydrogen) atoms. The zero-order valence-electron chi connectivity index (χ0n) is 7.68. The Bertz CT molecular complexity index is 300. The van der Waals surface area contributed by atoms with Gasteiger partial charge in [0, 0.05) is 4.90 Å². The maximum atomic E-state index is 12.4. The molecule has 1 aromatic carbocycles. The van der Waals surface area contributed by atoms with Crippen LogP contribution < -0.4 is 4.74 Å². The van der Waals surface area contributed by atoms with E-state index in [2.05, 4.69) is 0 Å². The first kappa shape index (κ1) is 11.2. The minimum Gasteiger partial charge on any atom is -0.497 e. The summed E-state index contributed by atoms with van der Waals surface area (Å²) in [4.78, 5) is 0.539. The van der Waals surface area contributed by atoms with Gasteiger partial charge in [0.2, 0.25) is 0 Å². The van der Waals surface area contributed by atoms with E-state index in [0.29, 0.717) is 4.90 Å². The highest BCUT2D eigenvalue weighted by Crippen LogP contribution is 2.34. The van der Waals surface area contributed by atoms with E-state index < -0.39 is 11.7 Å². The van der Waals surface area contributed by atoms with Crippen LogP contribution in [0.2, 0.25) is 0 Å². The Morgan fingerprint density at radius 2 is 1.86 bits per heavy atom. The van der Waals surface area contributed by atoms with Gasteiger partial charge in [-0.1, -0.05) is 0 Å². The fraction of sp³-hybridized carbons (Fsp3) is 0.333. The van der Waals surface area contributed by atoms with E-state index in [0.717, 1.165) is 12.1 Å². The molecular formula is C9H9F3OS. The monoisotopic (exact) mass is 222 g/mol. The lowest BCUT2D eigenvalue weighted by atomic mass is 10.2. The molecule has 0 N–H and O–H groups in total. The number of alkyl halides is 3. The normalized spacial score (nSPS) is 11.5. The Morgan fingerprint density at radius 3 is 2.29 bits per heavy atom. The Morgan fingerprint density at radius 1 is 1.21 bits per heavy atom.